The van der Waals surface area contributed by atoms with E-state index in [4.69, 9.17) is 14.6 Å². The summed E-state index contributed by atoms with van der Waals surface area (Å²) in [6.45, 7) is 3.73. The number of aliphatic hydroxyl groups is 1. The molecule has 0 aromatic heterocycles. The average Bonchev–Trinajstić information content (AvgIpc) is 2.64. The van der Waals surface area contributed by atoms with E-state index in [-0.39, 0.29) is 12.7 Å². The third kappa shape index (κ3) is 2.74. The molecular formula is C12H23NO3. The molecule has 2 rings (SSSR count). The van der Waals surface area contributed by atoms with Crippen LogP contribution in [0.15, 0.2) is 0 Å². The zero-order valence-electron chi connectivity index (χ0n) is 10.3. The molecule has 4 nitrogen and oxygen atoms in total. The predicted octanol–water partition coefficient (Wildman–Crippen LogP) is 0.985. The molecule has 0 bridgehead atoms. The van der Waals surface area contributed by atoms with Gasteiger partial charge in [0.2, 0.25) is 0 Å². The van der Waals surface area contributed by atoms with Crippen LogP contribution in [0.2, 0.25) is 0 Å². The molecule has 2 heterocycles. The molecule has 0 aromatic rings. The first-order valence-electron chi connectivity index (χ1n) is 6.26. The second kappa shape index (κ2) is 5.00. The lowest BCUT2D eigenvalue weighted by Gasteiger charge is -2.37. The first-order chi connectivity index (χ1) is 7.63. The summed E-state index contributed by atoms with van der Waals surface area (Å²) in [4.78, 5) is 2.40. The fourth-order valence-electron chi connectivity index (χ4n) is 2.72. The molecule has 94 valence electrons. The average molecular weight is 229 g/mol. The largest absolute Gasteiger partial charge is 0.394 e. The molecule has 3 atom stereocenters. The van der Waals surface area contributed by atoms with E-state index in [0.717, 1.165) is 6.42 Å². The van der Waals surface area contributed by atoms with Crippen molar-refractivity contribution < 1.29 is 14.6 Å². The summed E-state index contributed by atoms with van der Waals surface area (Å²) < 4.78 is 11.4. The van der Waals surface area contributed by atoms with Gasteiger partial charge in [0.15, 0.2) is 5.79 Å². The highest BCUT2D eigenvalue weighted by atomic mass is 16.7. The van der Waals surface area contributed by atoms with Gasteiger partial charge in [-0.3, -0.25) is 0 Å². The van der Waals surface area contributed by atoms with Crippen molar-refractivity contribution in [1.29, 1.82) is 0 Å². The molecule has 0 amide bonds. The van der Waals surface area contributed by atoms with Crippen LogP contribution in [0.4, 0.5) is 0 Å². The van der Waals surface area contributed by atoms with Crippen LogP contribution < -0.4 is 0 Å². The zero-order valence-corrected chi connectivity index (χ0v) is 10.3. The minimum Gasteiger partial charge on any atom is -0.394 e. The molecule has 2 fully saturated rings. The standard InChI is InChI=1S/C12H23NO3/c1-12(15-9-11(8-14)16-12)7-10-5-3-4-6-13(10)2/h10-11,14H,3-9H2,1-2H3. The van der Waals surface area contributed by atoms with Gasteiger partial charge in [-0.25, -0.2) is 0 Å². The van der Waals surface area contributed by atoms with Crippen molar-refractivity contribution in [2.24, 2.45) is 0 Å². The Hall–Kier alpha value is -0.160. The van der Waals surface area contributed by atoms with Gasteiger partial charge in [-0.2, -0.15) is 0 Å². The summed E-state index contributed by atoms with van der Waals surface area (Å²) in [5.41, 5.74) is 0. The maximum Gasteiger partial charge on any atom is 0.167 e. The number of rotatable bonds is 3. The Morgan fingerprint density at radius 1 is 1.44 bits per heavy atom. The minimum absolute atomic E-state index is 0.0517. The number of hydrogen-bond donors (Lipinski definition) is 1. The number of nitrogens with zero attached hydrogens (tertiary/aromatic N) is 1. The number of aliphatic hydroxyl groups excluding tert-OH is 1. The lowest BCUT2D eigenvalue weighted by molar-refractivity contribution is -0.172. The predicted molar refractivity (Wildman–Crippen MR) is 61.2 cm³/mol. The third-order valence-corrected chi connectivity index (χ3v) is 3.72. The molecule has 2 saturated heterocycles. The van der Waals surface area contributed by atoms with E-state index in [1.54, 1.807) is 0 Å². The molecule has 16 heavy (non-hydrogen) atoms. The van der Waals surface area contributed by atoms with Gasteiger partial charge < -0.3 is 19.5 Å². The Balaban J connectivity index is 1.88. The Bertz CT molecular complexity index is 236. The lowest BCUT2D eigenvalue weighted by atomic mass is 9.96. The number of ether oxygens (including phenoxy) is 2. The molecule has 4 heteroatoms. The molecular weight excluding hydrogens is 206 g/mol. The van der Waals surface area contributed by atoms with Gasteiger partial charge in [-0.15, -0.1) is 0 Å². The van der Waals surface area contributed by atoms with Crippen LogP contribution in [0.25, 0.3) is 0 Å². The van der Waals surface area contributed by atoms with Crippen molar-refractivity contribution in [3.63, 3.8) is 0 Å². The zero-order chi connectivity index (χ0) is 11.6. The first kappa shape index (κ1) is 12.3. The second-order valence-electron chi connectivity index (χ2n) is 5.20. The van der Waals surface area contributed by atoms with Crippen LogP contribution in [-0.2, 0) is 9.47 Å². The molecule has 3 unspecified atom stereocenters. The van der Waals surface area contributed by atoms with Crippen molar-refractivity contribution in [2.75, 3.05) is 26.8 Å². The highest BCUT2D eigenvalue weighted by Crippen LogP contribution is 2.31. The number of hydrogen-bond acceptors (Lipinski definition) is 4. The Morgan fingerprint density at radius 2 is 2.25 bits per heavy atom. The van der Waals surface area contributed by atoms with Gasteiger partial charge in [-0.1, -0.05) is 6.42 Å². The van der Waals surface area contributed by atoms with Crippen LogP contribution in [0, 0.1) is 0 Å². The van der Waals surface area contributed by atoms with Crippen LogP contribution in [0.1, 0.15) is 32.6 Å². The Kier molecular flexibility index (Phi) is 3.85. The van der Waals surface area contributed by atoms with Crippen molar-refractivity contribution in [2.45, 2.75) is 50.5 Å². The van der Waals surface area contributed by atoms with Crippen molar-refractivity contribution >= 4 is 0 Å². The molecule has 0 aromatic carbocycles. The highest BCUT2D eigenvalue weighted by molar-refractivity contribution is 4.83. The first-order valence-corrected chi connectivity index (χ1v) is 6.26. The molecule has 2 aliphatic rings. The fraction of sp³-hybridized carbons (Fsp3) is 1.00. The molecule has 0 spiro atoms. The van der Waals surface area contributed by atoms with E-state index < -0.39 is 5.79 Å². The Morgan fingerprint density at radius 3 is 2.88 bits per heavy atom. The van der Waals surface area contributed by atoms with Crippen LogP contribution >= 0.6 is 0 Å². The van der Waals surface area contributed by atoms with Gasteiger partial charge >= 0.3 is 0 Å². The summed E-state index contributed by atoms with van der Waals surface area (Å²) in [7, 11) is 2.17. The van der Waals surface area contributed by atoms with E-state index in [1.165, 1.54) is 25.8 Å². The van der Waals surface area contributed by atoms with Crippen LogP contribution in [0.3, 0.4) is 0 Å². The van der Waals surface area contributed by atoms with E-state index in [0.29, 0.717) is 12.6 Å². The van der Waals surface area contributed by atoms with Crippen molar-refractivity contribution in [1.82, 2.24) is 4.90 Å². The highest BCUT2D eigenvalue weighted by Gasteiger charge is 2.39. The third-order valence-electron chi connectivity index (χ3n) is 3.72. The molecule has 0 saturated carbocycles. The molecule has 1 N–H and O–H groups in total. The summed E-state index contributed by atoms with van der Waals surface area (Å²) >= 11 is 0. The van der Waals surface area contributed by atoms with Crippen molar-refractivity contribution in [3.05, 3.63) is 0 Å². The maximum atomic E-state index is 9.04. The van der Waals surface area contributed by atoms with E-state index in [9.17, 15) is 0 Å². The quantitative estimate of drug-likeness (QED) is 0.783. The SMILES string of the molecule is CN1CCCCC1CC1(C)OCC(CO)O1. The van der Waals surface area contributed by atoms with E-state index in [2.05, 4.69) is 11.9 Å². The summed E-state index contributed by atoms with van der Waals surface area (Å²) in [6, 6.07) is 0.552. The molecule has 2 aliphatic heterocycles. The molecule has 0 aliphatic carbocycles. The van der Waals surface area contributed by atoms with E-state index in [1.807, 2.05) is 6.92 Å². The second-order valence-corrected chi connectivity index (χ2v) is 5.20. The summed E-state index contributed by atoms with van der Waals surface area (Å²) in [5.74, 6) is -0.496. The van der Waals surface area contributed by atoms with Gasteiger partial charge in [-0.05, 0) is 33.4 Å². The minimum atomic E-state index is -0.496. The lowest BCUT2D eigenvalue weighted by Crippen LogP contribution is -2.42. The number of likely N-dealkylation sites (tertiary alicyclic amines) is 1. The van der Waals surface area contributed by atoms with E-state index >= 15 is 0 Å². The van der Waals surface area contributed by atoms with Crippen LogP contribution in [0.5, 0.6) is 0 Å². The summed E-state index contributed by atoms with van der Waals surface area (Å²) in [6.07, 6.45) is 4.58. The van der Waals surface area contributed by atoms with Gasteiger partial charge in [0.25, 0.3) is 0 Å². The normalized spacial score (nSPS) is 41.4. The van der Waals surface area contributed by atoms with Gasteiger partial charge in [0.1, 0.15) is 6.10 Å². The number of piperidine rings is 1. The van der Waals surface area contributed by atoms with Crippen molar-refractivity contribution in [3.8, 4) is 0 Å². The Labute approximate surface area is 97.5 Å². The molecule has 0 radical (unpaired) electrons. The topological polar surface area (TPSA) is 41.9 Å². The summed E-state index contributed by atoms with van der Waals surface area (Å²) in [5, 5.41) is 9.04. The monoisotopic (exact) mass is 229 g/mol. The smallest absolute Gasteiger partial charge is 0.167 e. The fourth-order valence-corrected chi connectivity index (χ4v) is 2.72. The van der Waals surface area contributed by atoms with Gasteiger partial charge in [0.05, 0.1) is 13.2 Å². The van der Waals surface area contributed by atoms with Gasteiger partial charge in [0, 0.05) is 12.5 Å². The maximum absolute atomic E-state index is 9.04. The van der Waals surface area contributed by atoms with Crippen LogP contribution in [-0.4, -0.2) is 54.7 Å².